The number of aromatic amines is 1. The summed E-state index contributed by atoms with van der Waals surface area (Å²) in [6.07, 6.45) is 3.41. The average Bonchev–Trinajstić information content (AvgIpc) is 2.79. The van der Waals surface area contributed by atoms with Crippen LogP contribution >= 0.6 is 0 Å². The highest BCUT2D eigenvalue weighted by Crippen LogP contribution is 2.23. The van der Waals surface area contributed by atoms with E-state index in [1.165, 1.54) is 6.07 Å². The Morgan fingerprint density at radius 3 is 2.94 bits per heavy atom. The molecular weight excluding hydrogens is 208 g/mol. The smallest absolute Gasteiger partial charge is 0.292 e. The molecule has 1 aromatic heterocycles. The molecule has 6 heteroatoms. The Labute approximate surface area is 91.5 Å². The molecule has 0 fully saturated rings. The molecule has 0 spiro atoms. The van der Waals surface area contributed by atoms with Gasteiger partial charge in [-0.05, 0) is 6.07 Å². The van der Waals surface area contributed by atoms with Crippen molar-refractivity contribution in [3.8, 4) is 0 Å². The number of anilines is 1. The van der Waals surface area contributed by atoms with E-state index < -0.39 is 4.92 Å². The Bertz CT molecular complexity index is 481. The van der Waals surface area contributed by atoms with Crippen molar-refractivity contribution in [2.75, 3.05) is 5.32 Å². The second-order valence-corrected chi connectivity index (χ2v) is 3.23. The van der Waals surface area contributed by atoms with Gasteiger partial charge in [-0.2, -0.15) is 5.10 Å². The second-order valence-electron chi connectivity index (χ2n) is 3.23. The lowest BCUT2D eigenvalue weighted by Crippen LogP contribution is -2.01. The Balaban J connectivity index is 2.12. The predicted molar refractivity (Wildman–Crippen MR) is 59.0 cm³/mol. The lowest BCUT2D eigenvalue weighted by atomic mass is 10.2. The van der Waals surface area contributed by atoms with Crippen LogP contribution in [-0.4, -0.2) is 15.1 Å². The maximum Gasteiger partial charge on any atom is 0.292 e. The summed E-state index contributed by atoms with van der Waals surface area (Å²) in [7, 11) is 0. The van der Waals surface area contributed by atoms with E-state index in [1.54, 1.807) is 30.6 Å². The number of H-pyrrole nitrogens is 1. The number of hydrogen-bond acceptors (Lipinski definition) is 4. The van der Waals surface area contributed by atoms with Gasteiger partial charge in [0.25, 0.3) is 5.69 Å². The van der Waals surface area contributed by atoms with Crippen LogP contribution in [0.1, 0.15) is 5.56 Å². The Morgan fingerprint density at radius 2 is 2.25 bits per heavy atom. The van der Waals surface area contributed by atoms with Gasteiger partial charge in [0.15, 0.2) is 0 Å². The summed E-state index contributed by atoms with van der Waals surface area (Å²) in [5, 5.41) is 20.2. The average molecular weight is 218 g/mol. The molecule has 82 valence electrons. The van der Waals surface area contributed by atoms with Crippen molar-refractivity contribution in [1.29, 1.82) is 0 Å². The number of aromatic nitrogens is 2. The third-order valence-electron chi connectivity index (χ3n) is 2.14. The van der Waals surface area contributed by atoms with E-state index in [-0.39, 0.29) is 5.69 Å². The molecule has 16 heavy (non-hydrogen) atoms. The minimum Gasteiger partial charge on any atom is -0.375 e. The van der Waals surface area contributed by atoms with Crippen LogP contribution in [0.5, 0.6) is 0 Å². The van der Waals surface area contributed by atoms with E-state index in [2.05, 4.69) is 15.5 Å². The topological polar surface area (TPSA) is 83.8 Å². The highest BCUT2D eigenvalue weighted by atomic mass is 16.6. The van der Waals surface area contributed by atoms with E-state index in [1.807, 2.05) is 0 Å². The molecule has 6 nitrogen and oxygen atoms in total. The summed E-state index contributed by atoms with van der Waals surface area (Å²) in [5.74, 6) is 0. The summed E-state index contributed by atoms with van der Waals surface area (Å²) >= 11 is 0. The van der Waals surface area contributed by atoms with Gasteiger partial charge in [0, 0.05) is 24.4 Å². The molecule has 2 N–H and O–H groups in total. The Hall–Kier alpha value is -2.37. The van der Waals surface area contributed by atoms with Gasteiger partial charge in [-0.15, -0.1) is 0 Å². The van der Waals surface area contributed by atoms with Crippen molar-refractivity contribution < 1.29 is 4.92 Å². The molecular formula is C10H10N4O2. The molecule has 2 rings (SSSR count). The number of rotatable bonds is 4. The molecule has 0 unspecified atom stereocenters. The van der Waals surface area contributed by atoms with Crippen LogP contribution in [0.2, 0.25) is 0 Å². The number of nitro benzene ring substituents is 1. The third-order valence-corrected chi connectivity index (χ3v) is 2.14. The second kappa shape index (κ2) is 4.43. The first-order valence-electron chi connectivity index (χ1n) is 4.72. The highest BCUT2D eigenvalue weighted by molar-refractivity contribution is 5.61. The Kier molecular flexibility index (Phi) is 2.81. The fourth-order valence-corrected chi connectivity index (χ4v) is 1.35. The van der Waals surface area contributed by atoms with Gasteiger partial charge < -0.3 is 5.32 Å². The normalized spacial score (nSPS) is 10.0. The summed E-state index contributed by atoms with van der Waals surface area (Å²) < 4.78 is 0. The molecule has 0 amide bonds. The molecule has 0 bridgehead atoms. The van der Waals surface area contributed by atoms with Gasteiger partial charge in [-0.25, -0.2) is 0 Å². The number of nitrogens with zero attached hydrogens (tertiary/aromatic N) is 2. The molecule has 0 aliphatic heterocycles. The lowest BCUT2D eigenvalue weighted by molar-refractivity contribution is -0.384. The van der Waals surface area contributed by atoms with Gasteiger partial charge in [-0.1, -0.05) is 12.1 Å². The molecule has 0 radical (unpaired) electrons. The number of benzene rings is 1. The molecule has 1 heterocycles. The van der Waals surface area contributed by atoms with Gasteiger partial charge in [0.05, 0.1) is 11.1 Å². The highest BCUT2D eigenvalue weighted by Gasteiger charge is 2.11. The van der Waals surface area contributed by atoms with Crippen LogP contribution in [0.3, 0.4) is 0 Å². The fourth-order valence-electron chi connectivity index (χ4n) is 1.35. The van der Waals surface area contributed by atoms with Crippen LogP contribution < -0.4 is 5.32 Å². The minimum atomic E-state index is -0.405. The lowest BCUT2D eigenvalue weighted by Gasteiger charge is -2.04. The van der Waals surface area contributed by atoms with Crippen LogP contribution in [0.25, 0.3) is 0 Å². The van der Waals surface area contributed by atoms with Gasteiger partial charge >= 0.3 is 0 Å². The predicted octanol–water partition coefficient (Wildman–Crippen LogP) is 1.93. The van der Waals surface area contributed by atoms with Crippen molar-refractivity contribution in [2.24, 2.45) is 0 Å². The van der Waals surface area contributed by atoms with E-state index in [4.69, 9.17) is 0 Å². The monoisotopic (exact) mass is 218 g/mol. The molecule has 0 saturated heterocycles. The first-order chi connectivity index (χ1) is 7.77. The van der Waals surface area contributed by atoms with E-state index in [0.29, 0.717) is 12.2 Å². The molecule has 1 aromatic carbocycles. The standard InChI is InChI=1S/C10H10N4O2/c15-14(16)10-4-2-1-3-9(10)11-5-8-6-12-13-7-8/h1-4,6-7,11H,5H2,(H,12,13). The van der Waals surface area contributed by atoms with Crippen molar-refractivity contribution >= 4 is 11.4 Å². The summed E-state index contributed by atoms with van der Waals surface area (Å²) in [4.78, 5) is 10.3. The van der Waals surface area contributed by atoms with Crippen LogP contribution in [0.15, 0.2) is 36.7 Å². The zero-order chi connectivity index (χ0) is 11.4. The SMILES string of the molecule is O=[N+]([O-])c1ccccc1NCc1cn[nH]c1. The quantitative estimate of drug-likeness (QED) is 0.606. The fraction of sp³-hybridized carbons (Fsp3) is 0.100. The number of hydrogen-bond donors (Lipinski definition) is 2. The summed E-state index contributed by atoms with van der Waals surface area (Å²) in [6.45, 7) is 0.501. The maximum atomic E-state index is 10.7. The maximum absolute atomic E-state index is 10.7. The van der Waals surface area contributed by atoms with Gasteiger partial charge in [0.1, 0.15) is 5.69 Å². The molecule has 0 saturated carbocycles. The van der Waals surface area contributed by atoms with Gasteiger partial charge in [0.2, 0.25) is 0 Å². The number of nitro groups is 1. The summed E-state index contributed by atoms with van der Waals surface area (Å²) in [6, 6.07) is 6.54. The first-order valence-corrected chi connectivity index (χ1v) is 4.72. The van der Waals surface area contributed by atoms with E-state index >= 15 is 0 Å². The van der Waals surface area contributed by atoms with Crippen LogP contribution in [0.4, 0.5) is 11.4 Å². The zero-order valence-electron chi connectivity index (χ0n) is 8.38. The minimum absolute atomic E-state index is 0.0750. The third kappa shape index (κ3) is 2.17. The molecule has 0 atom stereocenters. The van der Waals surface area contributed by atoms with Gasteiger partial charge in [-0.3, -0.25) is 15.2 Å². The number of nitrogens with one attached hydrogen (secondary N) is 2. The largest absolute Gasteiger partial charge is 0.375 e. The van der Waals surface area contributed by atoms with Crippen LogP contribution in [0, 0.1) is 10.1 Å². The van der Waals surface area contributed by atoms with Crippen LogP contribution in [-0.2, 0) is 6.54 Å². The van der Waals surface area contributed by atoms with Crippen molar-refractivity contribution in [1.82, 2.24) is 10.2 Å². The first kappa shape index (κ1) is 10.2. The van der Waals surface area contributed by atoms with E-state index in [9.17, 15) is 10.1 Å². The number of para-hydroxylation sites is 2. The Morgan fingerprint density at radius 1 is 1.44 bits per heavy atom. The van der Waals surface area contributed by atoms with Crippen molar-refractivity contribution in [2.45, 2.75) is 6.54 Å². The zero-order valence-corrected chi connectivity index (χ0v) is 8.38. The summed E-state index contributed by atoms with van der Waals surface area (Å²) in [5.41, 5.74) is 1.53. The van der Waals surface area contributed by atoms with Crippen molar-refractivity contribution in [3.63, 3.8) is 0 Å². The van der Waals surface area contributed by atoms with Crippen molar-refractivity contribution in [3.05, 3.63) is 52.3 Å². The molecule has 0 aliphatic rings. The molecule has 0 aliphatic carbocycles. The molecule has 2 aromatic rings. The van der Waals surface area contributed by atoms with E-state index in [0.717, 1.165) is 5.56 Å².